The van der Waals surface area contributed by atoms with Gasteiger partial charge in [0, 0.05) is 29.4 Å². The smallest absolute Gasteiger partial charge is 0.248 e. The molecule has 0 radical (unpaired) electrons. The summed E-state index contributed by atoms with van der Waals surface area (Å²) in [4.78, 5) is 13.2. The molecule has 1 saturated heterocycles. The van der Waals surface area contributed by atoms with E-state index in [2.05, 4.69) is 4.90 Å². The highest BCUT2D eigenvalue weighted by Gasteiger charge is 2.13. The van der Waals surface area contributed by atoms with Crippen LogP contribution in [0, 0.1) is 0 Å². The lowest BCUT2D eigenvalue weighted by Crippen LogP contribution is -2.36. The molecule has 5 heteroatoms. The Morgan fingerprint density at radius 1 is 1.31 bits per heavy atom. The van der Waals surface area contributed by atoms with Crippen LogP contribution in [0.2, 0.25) is 5.02 Å². The molecule has 86 valence electrons. The molecule has 1 amide bonds. The number of amides is 1. The van der Waals surface area contributed by atoms with Gasteiger partial charge in [-0.3, -0.25) is 4.79 Å². The van der Waals surface area contributed by atoms with E-state index in [0.717, 1.165) is 18.8 Å². The molecule has 0 atom stereocenters. The number of benzene rings is 1. The van der Waals surface area contributed by atoms with Gasteiger partial charge < -0.3 is 15.4 Å². The number of morpholine rings is 1. The van der Waals surface area contributed by atoms with E-state index in [9.17, 15) is 4.79 Å². The number of primary amides is 1. The Morgan fingerprint density at radius 3 is 2.62 bits per heavy atom. The van der Waals surface area contributed by atoms with Crippen molar-refractivity contribution in [3.8, 4) is 0 Å². The van der Waals surface area contributed by atoms with Gasteiger partial charge in [0.1, 0.15) is 0 Å². The Hall–Kier alpha value is -1.26. The monoisotopic (exact) mass is 240 g/mol. The summed E-state index contributed by atoms with van der Waals surface area (Å²) >= 11 is 5.95. The number of nitrogens with zero attached hydrogens (tertiary/aromatic N) is 1. The third-order valence-corrected chi connectivity index (χ3v) is 2.76. The zero-order valence-corrected chi connectivity index (χ0v) is 9.54. The number of halogens is 1. The maximum Gasteiger partial charge on any atom is 0.248 e. The minimum Gasteiger partial charge on any atom is -0.378 e. The van der Waals surface area contributed by atoms with Crippen LogP contribution in [0.5, 0.6) is 0 Å². The van der Waals surface area contributed by atoms with E-state index in [4.69, 9.17) is 22.1 Å². The van der Waals surface area contributed by atoms with Crippen LogP contribution >= 0.6 is 11.6 Å². The molecule has 2 N–H and O–H groups in total. The molecule has 0 aromatic heterocycles. The lowest BCUT2D eigenvalue weighted by atomic mass is 10.1. The second kappa shape index (κ2) is 4.72. The lowest BCUT2D eigenvalue weighted by molar-refractivity contribution is 0.100. The number of carbonyl (C=O) groups excluding carboxylic acids is 1. The van der Waals surface area contributed by atoms with Crippen LogP contribution in [0.25, 0.3) is 0 Å². The van der Waals surface area contributed by atoms with Gasteiger partial charge in [-0.15, -0.1) is 0 Å². The topological polar surface area (TPSA) is 55.6 Å². The van der Waals surface area contributed by atoms with Crippen molar-refractivity contribution in [3.63, 3.8) is 0 Å². The van der Waals surface area contributed by atoms with E-state index in [1.165, 1.54) is 0 Å². The van der Waals surface area contributed by atoms with Gasteiger partial charge in [0.2, 0.25) is 5.91 Å². The maximum atomic E-state index is 11.1. The first-order valence-electron chi connectivity index (χ1n) is 5.10. The number of carbonyl (C=O) groups is 1. The fourth-order valence-electron chi connectivity index (χ4n) is 1.72. The molecule has 1 aliphatic rings. The number of rotatable bonds is 2. The summed E-state index contributed by atoms with van der Waals surface area (Å²) in [6.45, 7) is 2.99. The van der Waals surface area contributed by atoms with Crippen molar-refractivity contribution in [3.05, 3.63) is 28.8 Å². The van der Waals surface area contributed by atoms with Gasteiger partial charge >= 0.3 is 0 Å². The van der Waals surface area contributed by atoms with E-state index in [-0.39, 0.29) is 0 Å². The average Bonchev–Trinajstić information content (AvgIpc) is 2.29. The molecule has 0 aliphatic carbocycles. The lowest BCUT2D eigenvalue weighted by Gasteiger charge is -2.29. The van der Waals surface area contributed by atoms with Crippen molar-refractivity contribution in [2.45, 2.75) is 0 Å². The maximum absolute atomic E-state index is 11.1. The molecule has 0 unspecified atom stereocenters. The molecule has 1 aromatic carbocycles. The summed E-state index contributed by atoms with van der Waals surface area (Å²) in [6, 6.07) is 5.17. The van der Waals surface area contributed by atoms with Crippen molar-refractivity contribution >= 4 is 23.2 Å². The molecule has 1 aromatic rings. The van der Waals surface area contributed by atoms with Gasteiger partial charge in [0.25, 0.3) is 0 Å². The van der Waals surface area contributed by atoms with E-state index < -0.39 is 5.91 Å². The molecule has 16 heavy (non-hydrogen) atoms. The zero-order chi connectivity index (χ0) is 11.5. The third kappa shape index (κ3) is 2.46. The number of hydrogen-bond donors (Lipinski definition) is 1. The molecule has 0 spiro atoms. The van der Waals surface area contributed by atoms with Crippen molar-refractivity contribution in [1.82, 2.24) is 0 Å². The first-order chi connectivity index (χ1) is 7.66. The Bertz CT molecular complexity index is 403. The Kier molecular flexibility index (Phi) is 3.31. The summed E-state index contributed by atoms with van der Waals surface area (Å²) in [7, 11) is 0. The van der Waals surface area contributed by atoms with Crippen LogP contribution in [-0.2, 0) is 4.74 Å². The van der Waals surface area contributed by atoms with Crippen LogP contribution in [0.1, 0.15) is 10.4 Å². The van der Waals surface area contributed by atoms with Crippen molar-refractivity contribution in [2.75, 3.05) is 31.2 Å². The van der Waals surface area contributed by atoms with Gasteiger partial charge in [-0.25, -0.2) is 0 Å². The molecule has 1 fully saturated rings. The summed E-state index contributed by atoms with van der Waals surface area (Å²) in [5.41, 5.74) is 6.60. The standard InChI is InChI=1S/C11H13ClN2O2/c12-9-5-8(11(13)15)6-10(7-9)14-1-3-16-4-2-14/h5-7H,1-4H2,(H2,13,15). The summed E-state index contributed by atoms with van der Waals surface area (Å²) in [5, 5.41) is 0.526. The molecule has 2 rings (SSSR count). The predicted molar refractivity (Wildman–Crippen MR) is 63.0 cm³/mol. The second-order valence-electron chi connectivity index (χ2n) is 3.66. The Morgan fingerprint density at radius 2 is 2.00 bits per heavy atom. The highest BCUT2D eigenvalue weighted by molar-refractivity contribution is 6.31. The SMILES string of the molecule is NC(=O)c1cc(Cl)cc(N2CCOCC2)c1. The van der Waals surface area contributed by atoms with Crippen molar-refractivity contribution in [2.24, 2.45) is 5.73 Å². The molecule has 0 saturated carbocycles. The summed E-state index contributed by atoms with van der Waals surface area (Å²) in [6.07, 6.45) is 0. The second-order valence-corrected chi connectivity index (χ2v) is 4.10. The van der Waals surface area contributed by atoms with Crippen molar-refractivity contribution in [1.29, 1.82) is 0 Å². The van der Waals surface area contributed by atoms with Gasteiger partial charge in [0.05, 0.1) is 13.2 Å². The Balaban J connectivity index is 2.28. The van der Waals surface area contributed by atoms with Crippen molar-refractivity contribution < 1.29 is 9.53 Å². The number of nitrogens with two attached hydrogens (primary N) is 1. The van der Waals surface area contributed by atoms with Gasteiger partial charge in [0.15, 0.2) is 0 Å². The first-order valence-corrected chi connectivity index (χ1v) is 5.48. The highest BCUT2D eigenvalue weighted by atomic mass is 35.5. The molecule has 1 heterocycles. The van der Waals surface area contributed by atoms with Crippen LogP contribution < -0.4 is 10.6 Å². The average molecular weight is 241 g/mol. The number of hydrogen-bond acceptors (Lipinski definition) is 3. The Labute approximate surface area is 98.9 Å². The van der Waals surface area contributed by atoms with E-state index in [0.29, 0.717) is 23.8 Å². The van der Waals surface area contributed by atoms with Crippen LogP contribution in [0.3, 0.4) is 0 Å². The fraction of sp³-hybridized carbons (Fsp3) is 0.364. The summed E-state index contributed by atoms with van der Waals surface area (Å²) < 4.78 is 5.26. The minimum absolute atomic E-state index is 0.439. The molecule has 4 nitrogen and oxygen atoms in total. The molecule has 1 aliphatic heterocycles. The fourth-order valence-corrected chi connectivity index (χ4v) is 1.95. The third-order valence-electron chi connectivity index (χ3n) is 2.54. The predicted octanol–water partition coefficient (Wildman–Crippen LogP) is 1.28. The first kappa shape index (κ1) is 11.2. The quantitative estimate of drug-likeness (QED) is 0.847. The molecular formula is C11H13ClN2O2. The normalized spacial score (nSPS) is 16.2. The van der Waals surface area contributed by atoms with Crippen LogP contribution in [0.15, 0.2) is 18.2 Å². The minimum atomic E-state index is -0.461. The van der Waals surface area contributed by atoms with Crippen LogP contribution in [0.4, 0.5) is 5.69 Å². The summed E-state index contributed by atoms with van der Waals surface area (Å²) in [5.74, 6) is -0.461. The highest BCUT2D eigenvalue weighted by Crippen LogP contribution is 2.23. The van der Waals surface area contributed by atoms with E-state index in [1.807, 2.05) is 6.07 Å². The van der Waals surface area contributed by atoms with E-state index >= 15 is 0 Å². The van der Waals surface area contributed by atoms with Crippen LogP contribution in [-0.4, -0.2) is 32.2 Å². The van der Waals surface area contributed by atoms with Gasteiger partial charge in [-0.05, 0) is 18.2 Å². The zero-order valence-electron chi connectivity index (χ0n) is 8.78. The number of anilines is 1. The van der Waals surface area contributed by atoms with Gasteiger partial charge in [-0.1, -0.05) is 11.6 Å². The molecule has 0 bridgehead atoms. The van der Waals surface area contributed by atoms with E-state index in [1.54, 1.807) is 12.1 Å². The largest absolute Gasteiger partial charge is 0.378 e. The molecular weight excluding hydrogens is 228 g/mol. The number of ether oxygens (including phenoxy) is 1. The van der Waals surface area contributed by atoms with Gasteiger partial charge in [-0.2, -0.15) is 0 Å².